The zero-order valence-electron chi connectivity index (χ0n) is 7.62. The third kappa shape index (κ3) is 1.55. The van der Waals surface area contributed by atoms with Gasteiger partial charge in [0, 0.05) is 5.92 Å². The smallest absolute Gasteiger partial charge is 0.106 e. The molecule has 0 N–H and O–H groups in total. The highest BCUT2D eigenvalue weighted by Gasteiger charge is 2.21. The first-order chi connectivity index (χ1) is 5.86. The molecule has 1 aliphatic rings. The summed E-state index contributed by atoms with van der Waals surface area (Å²) in [4.78, 5) is 0. The van der Waals surface area contributed by atoms with E-state index in [1.807, 2.05) is 6.07 Å². The topological polar surface area (TPSA) is 13.1 Å². The Morgan fingerprint density at radius 2 is 2.00 bits per heavy atom. The van der Waals surface area contributed by atoms with Crippen LogP contribution in [0.3, 0.4) is 0 Å². The minimum Gasteiger partial charge on any atom is -0.469 e. The fourth-order valence-electron chi connectivity index (χ4n) is 2.07. The number of furan rings is 1. The average Bonchev–Trinajstić information content (AvgIpc) is 2.58. The Kier molecular flexibility index (Phi) is 2.20. The van der Waals surface area contributed by atoms with Crippen molar-refractivity contribution in [1.29, 1.82) is 0 Å². The van der Waals surface area contributed by atoms with Crippen molar-refractivity contribution in [2.75, 3.05) is 0 Å². The van der Waals surface area contributed by atoms with E-state index in [1.165, 1.54) is 31.4 Å². The van der Waals surface area contributed by atoms with Crippen molar-refractivity contribution in [2.24, 2.45) is 5.92 Å². The summed E-state index contributed by atoms with van der Waals surface area (Å²) < 4.78 is 5.41. The second-order valence-corrected chi connectivity index (χ2v) is 3.97. The first kappa shape index (κ1) is 7.90. The summed E-state index contributed by atoms with van der Waals surface area (Å²) in [5.41, 5.74) is 0. The molecule has 0 aromatic carbocycles. The molecule has 1 nitrogen and oxygen atoms in total. The summed E-state index contributed by atoms with van der Waals surface area (Å²) in [6.07, 6.45) is 7.15. The van der Waals surface area contributed by atoms with E-state index in [-0.39, 0.29) is 0 Å². The van der Waals surface area contributed by atoms with Crippen LogP contribution < -0.4 is 0 Å². The van der Waals surface area contributed by atoms with E-state index in [1.54, 1.807) is 6.26 Å². The van der Waals surface area contributed by atoms with Crippen LogP contribution in [0.4, 0.5) is 0 Å². The number of hydrogen-bond donors (Lipinski definition) is 0. The van der Waals surface area contributed by atoms with E-state index in [0.29, 0.717) is 5.92 Å². The SMILES string of the molecule is CC1CCC(c2ccco2)CC1. The summed E-state index contributed by atoms with van der Waals surface area (Å²) in [6, 6.07) is 4.11. The molecule has 1 heteroatoms. The maximum Gasteiger partial charge on any atom is 0.106 e. The predicted octanol–water partition coefficient (Wildman–Crippen LogP) is 3.57. The molecule has 0 radical (unpaired) electrons. The molecule has 0 amide bonds. The van der Waals surface area contributed by atoms with Gasteiger partial charge < -0.3 is 4.42 Å². The fraction of sp³-hybridized carbons (Fsp3) is 0.636. The van der Waals surface area contributed by atoms with Crippen LogP contribution in [0, 0.1) is 5.92 Å². The summed E-state index contributed by atoms with van der Waals surface area (Å²) in [7, 11) is 0. The normalized spacial score (nSPS) is 30.4. The molecule has 12 heavy (non-hydrogen) atoms. The fourth-order valence-corrected chi connectivity index (χ4v) is 2.07. The molecule has 66 valence electrons. The predicted molar refractivity (Wildman–Crippen MR) is 49.1 cm³/mol. The molecule has 1 aromatic heterocycles. The molecule has 2 rings (SSSR count). The van der Waals surface area contributed by atoms with Crippen LogP contribution in [0.1, 0.15) is 44.3 Å². The van der Waals surface area contributed by atoms with Gasteiger partial charge in [-0.2, -0.15) is 0 Å². The number of rotatable bonds is 1. The van der Waals surface area contributed by atoms with Crippen LogP contribution in [-0.4, -0.2) is 0 Å². The van der Waals surface area contributed by atoms with Gasteiger partial charge in [0.15, 0.2) is 0 Å². The van der Waals surface area contributed by atoms with Crippen LogP contribution in [0.25, 0.3) is 0 Å². The van der Waals surface area contributed by atoms with Crippen LogP contribution in [0.2, 0.25) is 0 Å². The zero-order chi connectivity index (χ0) is 8.39. The van der Waals surface area contributed by atoms with E-state index in [9.17, 15) is 0 Å². The van der Waals surface area contributed by atoms with Crippen molar-refractivity contribution in [3.05, 3.63) is 24.2 Å². The van der Waals surface area contributed by atoms with E-state index >= 15 is 0 Å². The van der Waals surface area contributed by atoms with Gasteiger partial charge >= 0.3 is 0 Å². The van der Waals surface area contributed by atoms with Gasteiger partial charge in [-0.3, -0.25) is 0 Å². The minimum absolute atomic E-state index is 0.705. The first-order valence-electron chi connectivity index (χ1n) is 4.89. The highest BCUT2D eigenvalue weighted by molar-refractivity contribution is 5.06. The number of hydrogen-bond acceptors (Lipinski definition) is 1. The second-order valence-electron chi connectivity index (χ2n) is 3.97. The quantitative estimate of drug-likeness (QED) is 0.618. The van der Waals surface area contributed by atoms with Gasteiger partial charge in [0.25, 0.3) is 0 Å². The summed E-state index contributed by atoms with van der Waals surface area (Å²) in [5.74, 6) is 2.83. The molecule has 0 bridgehead atoms. The van der Waals surface area contributed by atoms with E-state index in [2.05, 4.69) is 13.0 Å². The van der Waals surface area contributed by atoms with Crippen molar-refractivity contribution in [1.82, 2.24) is 0 Å². The molecule has 1 fully saturated rings. The Morgan fingerprint density at radius 1 is 1.25 bits per heavy atom. The summed E-state index contributed by atoms with van der Waals surface area (Å²) in [6.45, 7) is 2.35. The van der Waals surface area contributed by atoms with Gasteiger partial charge in [-0.1, -0.05) is 19.8 Å². The largest absolute Gasteiger partial charge is 0.469 e. The van der Waals surface area contributed by atoms with Crippen molar-refractivity contribution in [3.63, 3.8) is 0 Å². The van der Waals surface area contributed by atoms with Gasteiger partial charge in [-0.05, 0) is 30.9 Å². The molecular formula is C11H16O. The molecule has 1 aromatic rings. The van der Waals surface area contributed by atoms with Crippen molar-refractivity contribution >= 4 is 0 Å². The lowest BCUT2D eigenvalue weighted by Gasteiger charge is -2.24. The molecule has 1 saturated carbocycles. The van der Waals surface area contributed by atoms with Gasteiger partial charge in [-0.25, -0.2) is 0 Å². The Labute approximate surface area is 73.8 Å². The van der Waals surface area contributed by atoms with Gasteiger partial charge in [0.1, 0.15) is 5.76 Å². The van der Waals surface area contributed by atoms with E-state index in [0.717, 1.165) is 5.92 Å². The lowest BCUT2D eigenvalue weighted by molar-refractivity contribution is 0.314. The second kappa shape index (κ2) is 3.34. The zero-order valence-corrected chi connectivity index (χ0v) is 7.62. The Bertz CT molecular complexity index is 217. The van der Waals surface area contributed by atoms with Crippen molar-refractivity contribution < 1.29 is 4.42 Å². The van der Waals surface area contributed by atoms with Gasteiger partial charge in [-0.15, -0.1) is 0 Å². The highest BCUT2D eigenvalue weighted by atomic mass is 16.3. The lowest BCUT2D eigenvalue weighted by Crippen LogP contribution is -2.09. The Morgan fingerprint density at radius 3 is 2.58 bits per heavy atom. The lowest BCUT2D eigenvalue weighted by atomic mass is 9.82. The molecule has 0 spiro atoms. The van der Waals surface area contributed by atoms with Crippen LogP contribution >= 0.6 is 0 Å². The maximum absolute atomic E-state index is 5.41. The van der Waals surface area contributed by atoms with Crippen molar-refractivity contribution in [3.8, 4) is 0 Å². The third-order valence-electron chi connectivity index (χ3n) is 2.96. The third-order valence-corrected chi connectivity index (χ3v) is 2.96. The minimum atomic E-state index is 0.705. The molecule has 1 aliphatic carbocycles. The van der Waals surface area contributed by atoms with Crippen molar-refractivity contribution in [2.45, 2.75) is 38.5 Å². The standard InChI is InChI=1S/C11H16O/c1-9-4-6-10(7-5-9)11-3-2-8-12-11/h2-3,8-10H,4-7H2,1H3. The Hall–Kier alpha value is -0.720. The highest BCUT2D eigenvalue weighted by Crippen LogP contribution is 2.35. The molecule has 0 atom stereocenters. The van der Waals surface area contributed by atoms with Crippen LogP contribution in [-0.2, 0) is 0 Å². The van der Waals surface area contributed by atoms with Gasteiger partial charge in [0.2, 0.25) is 0 Å². The summed E-state index contributed by atoms with van der Waals surface area (Å²) in [5, 5.41) is 0. The molecular weight excluding hydrogens is 148 g/mol. The summed E-state index contributed by atoms with van der Waals surface area (Å²) >= 11 is 0. The maximum atomic E-state index is 5.41. The monoisotopic (exact) mass is 164 g/mol. The molecule has 0 aliphatic heterocycles. The van der Waals surface area contributed by atoms with E-state index in [4.69, 9.17) is 4.42 Å². The molecule has 1 heterocycles. The van der Waals surface area contributed by atoms with Crippen LogP contribution in [0.15, 0.2) is 22.8 Å². The molecule has 0 saturated heterocycles. The van der Waals surface area contributed by atoms with Crippen LogP contribution in [0.5, 0.6) is 0 Å². The first-order valence-corrected chi connectivity index (χ1v) is 4.89. The van der Waals surface area contributed by atoms with E-state index < -0.39 is 0 Å². The average molecular weight is 164 g/mol. The molecule has 0 unspecified atom stereocenters. The van der Waals surface area contributed by atoms with Gasteiger partial charge in [0.05, 0.1) is 6.26 Å². The Balaban J connectivity index is 1.99.